The molecule has 112 valence electrons. The summed E-state index contributed by atoms with van der Waals surface area (Å²) in [6.45, 7) is 1.46. The van der Waals surface area contributed by atoms with E-state index in [4.69, 9.17) is 8.83 Å². The highest BCUT2D eigenvalue weighted by Gasteiger charge is 2.24. The third kappa shape index (κ3) is 2.41. The van der Waals surface area contributed by atoms with Crippen LogP contribution in [0.4, 0.5) is 0 Å². The normalized spacial score (nSPS) is 12.4. The van der Waals surface area contributed by atoms with E-state index in [1.54, 1.807) is 36.4 Å². The highest BCUT2D eigenvalue weighted by molar-refractivity contribution is 5.86. The van der Waals surface area contributed by atoms with Crippen molar-refractivity contribution in [3.8, 4) is 5.75 Å². The fourth-order valence-electron chi connectivity index (χ4n) is 2.55. The van der Waals surface area contributed by atoms with Crippen molar-refractivity contribution in [2.24, 2.45) is 0 Å². The van der Waals surface area contributed by atoms with E-state index in [2.05, 4.69) is 0 Å². The lowest BCUT2D eigenvalue weighted by Gasteiger charge is -2.13. The van der Waals surface area contributed by atoms with Gasteiger partial charge < -0.3 is 13.9 Å². The van der Waals surface area contributed by atoms with Gasteiger partial charge in [0.05, 0.1) is 12.2 Å². The smallest absolute Gasteiger partial charge is 0.379 e. The second-order valence-electron chi connectivity index (χ2n) is 5.10. The molecule has 5 nitrogen and oxygen atoms in total. The second-order valence-corrected chi connectivity index (χ2v) is 5.10. The zero-order chi connectivity index (χ0) is 15.7. The van der Waals surface area contributed by atoms with Crippen LogP contribution in [0.2, 0.25) is 0 Å². The molecule has 0 saturated carbocycles. The van der Waals surface area contributed by atoms with Gasteiger partial charge >= 0.3 is 5.63 Å². The molecule has 3 rings (SSSR count). The Balaban J connectivity index is 2.15. The molecule has 0 saturated heterocycles. The highest BCUT2D eigenvalue weighted by Crippen LogP contribution is 2.30. The second kappa shape index (κ2) is 5.52. The molecule has 1 unspecified atom stereocenters. The molecule has 0 fully saturated rings. The monoisotopic (exact) mass is 298 g/mol. The van der Waals surface area contributed by atoms with Crippen molar-refractivity contribution in [3.63, 3.8) is 0 Å². The van der Waals surface area contributed by atoms with Crippen molar-refractivity contribution in [1.29, 1.82) is 0 Å². The van der Waals surface area contributed by atoms with E-state index in [0.717, 1.165) is 0 Å². The van der Waals surface area contributed by atoms with E-state index in [-0.39, 0.29) is 12.2 Å². The molecule has 0 radical (unpaired) electrons. The molecular formula is C17H14O5. The zero-order valence-corrected chi connectivity index (χ0v) is 11.9. The summed E-state index contributed by atoms with van der Waals surface area (Å²) in [7, 11) is 0. The minimum atomic E-state index is -0.810. The predicted octanol–water partition coefficient (Wildman–Crippen LogP) is 3.01. The first kappa shape index (κ1) is 14.1. The zero-order valence-electron chi connectivity index (χ0n) is 11.9. The molecule has 1 aromatic carbocycles. The van der Waals surface area contributed by atoms with Crippen LogP contribution >= 0.6 is 0 Å². The Morgan fingerprint density at radius 2 is 2.00 bits per heavy atom. The third-order valence-corrected chi connectivity index (χ3v) is 3.68. The Kier molecular flexibility index (Phi) is 3.55. The minimum Gasteiger partial charge on any atom is -0.502 e. The van der Waals surface area contributed by atoms with Gasteiger partial charge in [-0.2, -0.15) is 0 Å². The average molecular weight is 298 g/mol. The van der Waals surface area contributed by atoms with Crippen LogP contribution in [0.3, 0.4) is 0 Å². The molecule has 22 heavy (non-hydrogen) atoms. The molecule has 0 amide bonds. The van der Waals surface area contributed by atoms with Gasteiger partial charge in [0.1, 0.15) is 17.1 Å². The lowest BCUT2D eigenvalue weighted by Crippen LogP contribution is -2.13. The highest BCUT2D eigenvalue weighted by atomic mass is 16.4. The van der Waals surface area contributed by atoms with Crippen LogP contribution in [0.1, 0.15) is 24.2 Å². The summed E-state index contributed by atoms with van der Waals surface area (Å²) in [5, 5.41) is 10.7. The van der Waals surface area contributed by atoms with Crippen molar-refractivity contribution in [3.05, 3.63) is 64.4 Å². The van der Waals surface area contributed by atoms with Crippen LogP contribution in [0.25, 0.3) is 11.0 Å². The SMILES string of the molecule is CC(=O)C(Cc1c(O)c(=O)oc2ccccc12)c1ccco1. The molecule has 0 spiro atoms. The lowest BCUT2D eigenvalue weighted by molar-refractivity contribution is -0.118. The summed E-state index contributed by atoms with van der Waals surface area (Å²) < 4.78 is 10.4. The first-order valence-corrected chi connectivity index (χ1v) is 6.85. The van der Waals surface area contributed by atoms with Gasteiger partial charge in [0.15, 0.2) is 0 Å². The average Bonchev–Trinajstić information content (AvgIpc) is 3.01. The largest absolute Gasteiger partial charge is 0.502 e. The van der Waals surface area contributed by atoms with Crippen molar-refractivity contribution >= 4 is 16.8 Å². The molecule has 2 heterocycles. The third-order valence-electron chi connectivity index (χ3n) is 3.68. The van der Waals surface area contributed by atoms with E-state index in [9.17, 15) is 14.7 Å². The van der Waals surface area contributed by atoms with Gasteiger partial charge in [-0.25, -0.2) is 4.79 Å². The Hall–Kier alpha value is -2.82. The molecule has 0 aliphatic rings. The summed E-state index contributed by atoms with van der Waals surface area (Å²) in [6.07, 6.45) is 1.66. The van der Waals surface area contributed by atoms with Crippen LogP contribution in [0.5, 0.6) is 5.75 Å². The molecule has 1 N–H and O–H groups in total. The quantitative estimate of drug-likeness (QED) is 0.749. The lowest BCUT2D eigenvalue weighted by atomic mass is 9.92. The number of hydrogen-bond acceptors (Lipinski definition) is 5. The van der Waals surface area contributed by atoms with Crippen molar-refractivity contribution in [1.82, 2.24) is 0 Å². The van der Waals surface area contributed by atoms with Crippen molar-refractivity contribution in [2.75, 3.05) is 0 Å². The van der Waals surface area contributed by atoms with Crippen LogP contribution in [0.15, 0.2) is 56.3 Å². The maximum atomic E-state index is 11.9. The van der Waals surface area contributed by atoms with Gasteiger partial charge in [-0.1, -0.05) is 18.2 Å². The molecule has 1 atom stereocenters. The Morgan fingerprint density at radius 3 is 2.68 bits per heavy atom. The van der Waals surface area contributed by atoms with E-state index in [1.165, 1.54) is 13.2 Å². The first-order valence-electron chi connectivity index (χ1n) is 6.85. The molecule has 3 aromatic rings. The van der Waals surface area contributed by atoms with Gasteiger partial charge in [0.25, 0.3) is 0 Å². The van der Waals surface area contributed by atoms with E-state index in [0.29, 0.717) is 22.3 Å². The van der Waals surface area contributed by atoms with Gasteiger partial charge in [-0.05, 0) is 31.5 Å². The number of carbonyl (C=O) groups excluding carboxylic acids is 1. The number of rotatable bonds is 4. The minimum absolute atomic E-state index is 0.105. The summed E-state index contributed by atoms with van der Waals surface area (Å²) in [5.41, 5.74) is -0.0408. The fraction of sp³-hybridized carbons (Fsp3) is 0.176. The van der Waals surface area contributed by atoms with Gasteiger partial charge in [0.2, 0.25) is 5.75 Å². The first-order chi connectivity index (χ1) is 10.6. The van der Waals surface area contributed by atoms with Gasteiger partial charge in [0, 0.05) is 10.9 Å². The number of para-hydroxylation sites is 1. The van der Waals surface area contributed by atoms with Gasteiger partial charge in [-0.3, -0.25) is 4.79 Å². The van der Waals surface area contributed by atoms with Crippen LogP contribution in [-0.4, -0.2) is 10.9 Å². The summed E-state index contributed by atoms with van der Waals surface area (Å²) >= 11 is 0. The van der Waals surface area contributed by atoms with E-state index in [1.807, 2.05) is 0 Å². The molecule has 2 aromatic heterocycles. The van der Waals surface area contributed by atoms with E-state index < -0.39 is 17.3 Å². The van der Waals surface area contributed by atoms with Crippen molar-refractivity contribution in [2.45, 2.75) is 19.3 Å². The van der Waals surface area contributed by atoms with E-state index >= 15 is 0 Å². The standard InChI is InChI=1S/C17H14O5/c1-10(18)12(14-7-4-8-21-14)9-13-11-5-2-3-6-15(11)22-17(20)16(13)19/h2-8,12,19H,9H2,1H3. The van der Waals surface area contributed by atoms with Crippen LogP contribution in [0, 0.1) is 0 Å². The number of benzene rings is 1. The molecule has 0 aliphatic heterocycles. The fourth-order valence-corrected chi connectivity index (χ4v) is 2.55. The Bertz CT molecular complexity index is 874. The maximum Gasteiger partial charge on any atom is 0.379 e. The number of furan rings is 1. The number of aromatic hydroxyl groups is 1. The Morgan fingerprint density at radius 1 is 1.23 bits per heavy atom. The summed E-state index contributed by atoms with van der Waals surface area (Å²) in [6, 6.07) is 10.3. The molecule has 0 aliphatic carbocycles. The summed E-state index contributed by atoms with van der Waals surface area (Å²) in [5.74, 6) is -0.626. The van der Waals surface area contributed by atoms with Crippen molar-refractivity contribution < 1.29 is 18.7 Å². The molecular weight excluding hydrogens is 284 g/mol. The Labute approximate surface area is 125 Å². The van der Waals surface area contributed by atoms with Crippen LogP contribution in [-0.2, 0) is 11.2 Å². The number of Topliss-reactive ketones (excluding diaryl/α,β-unsaturated/α-hetero) is 1. The molecule has 0 bridgehead atoms. The number of carbonyl (C=O) groups is 1. The number of hydrogen-bond donors (Lipinski definition) is 1. The number of fused-ring (bicyclic) bond motifs is 1. The van der Waals surface area contributed by atoms with Gasteiger partial charge in [-0.15, -0.1) is 0 Å². The number of ketones is 1. The van der Waals surface area contributed by atoms with Crippen LogP contribution < -0.4 is 5.63 Å². The predicted molar refractivity (Wildman–Crippen MR) is 80.0 cm³/mol. The topological polar surface area (TPSA) is 80.6 Å². The molecule has 5 heteroatoms. The summed E-state index contributed by atoms with van der Waals surface area (Å²) in [4.78, 5) is 23.7. The maximum absolute atomic E-state index is 11.9.